The summed E-state index contributed by atoms with van der Waals surface area (Å²) in [6.07, 6.45) is 0. The number of phosphoric acid groups is 1. The molecule has 8 nitrogen and oxygen atoms in total. The molecule has 0 aromatic rings. The third-order valence-corrected chi connectivity index (χ3v) is 2.79. The molecule has 0 atom stereocenters. The SMILES string of the molecule is CCOP(=O)(OCC)OC(=O)CNC(=N)N. The van der Waals surface area contributed by atoms with Crippen molar-refractivity contribution in [2.24, 2.45) is 5.73 Å². The Hall–Kier alpha value is -1.11. The summed E-state index contributed by atoms with van der Waals surface area (Å²) in [5, 5.41) is 9.01. The molecule has 4 N–H and O–H groups in total. The van der Waals surface area contributed by atoms with E-state index in [4.69, 9.17) is 20.2 Å². The molecule has 0 saturated carbocycles. The Kier molecular flexibility index (Phi) is 6.71. The molecule has 0 aliphatic heterocycles. The van der Waals surface area contributed by atoms with Crippen LogP contribution in [0.4, 0.5) is 0 Å². The van der Waals surface area contributed by atoms with Gasteiger partial charge in [0, 0.05) is 0 Å². The third-order valence-electron chi connectivity index (χ3n) is 1.21. The molecule has 0 aromatic carbocycles. The fourth-order valence-electron chi connectivity index (χ4n) is 0.731. The van der Waals surface area contributed by atoms with Gasteiger partial charge >= 0.3 is 13.8 Å². The van der Waals surface area contributed by atoms with Crippen molar-refractivity contribution < 1.29 is 22.9 Å². The minimum absolute atomic E-state index is 0.0880. The van der Waals surface area contributed by atoms with Crippen LogP contribution in [0, 0.1) is 5.41 Å². The summed E-state index contributed by atoms with van der Waals surface area (Å²) in [4.78, 5) is 11.1. The first-order valence-electron chi connectivity index (χ1n) is 4.63. The van der Waals surface area contributed by atoms with Gasteiger partial charge in [0.1, 0.15) is 6.54 Å². The van der Waals surface area contributed by atoms with Gasteiger partial charge in [0.2, 0.25) is 0 Å². The van der Waals surface area contributed by atoms with Gasteiger partial charge in [-0.05, 0) is 13.8 Å². The fourth-order valence-corrected chi connectivity index (χ4v) is 1.86. The number of rotatable bonds is 7. The number of nitrogens with one attached hydrogen (secondary N) is 2. The molecule has 0 saturated heterocycles. The van der Waals surface area contributed by atoms with Crippen molar-refractivity contribution in [2.75, 3.05) is 19.8 Å². The molecule has 0 heterocycles. The number of guanidine groups is 1. The van der Waals surface area contributed by atoms with Crippen LogP contribution < -0.4 is 11.1 Å². The Bertz CT molecular complexity index is 286. The zero-order valence-corrected chi connectivity index (χ0v) is 10.1. The summed E-state index contributed by atoms with van der Waals surface area (Å²) in [6, 6.07) is 0. The smallest absolute Gasteiger partial charge is 0.370 e. The summed E-state index contributed by atoms with van der Waals surface area (Å²) in [7, 11) is -3.84. The van der Waals surface area contributed by atoms with Crippen LogP contribution in [-0.2, 0) is 22.9 Å². The van der Waals surface area contributed by atoms with Crippen LogP contribution in [0.5, 0.6) is 0 Å². The number of carbonyl (C=O) groups excluding carboxylic acids is 1. The topological polar surface area (TPSA) is 124 Å². The maximum atomic E-state index is 11.7. The Morgan fingerprint density at radius 2 is 1.88 bits per heavy atom. The summed E-state index contributed by atoms with van der Waals surface area (Å²) >= 11 is 0. The number of carbonyl (C=O) groups is 1. The quantitative estimate of drug-likeness (QED) is 0.336. The van der Waals surface area contributed by atoms with E-state index >= 15 is 0 Å². The maximum absolute atomic E-state index is 11.7. The molecule has 0 amide bonds. The van der Waals surface area contributed by atoms with Gasteiger partial charge in [0.05, 0.1) is 13.2 Å². The fraction of sp³-hybridized carbons (Fsp3) is 0.714. The van der Waals surface area contributed by atoms with Crippen molar-refractivity contribution in [3.05, 3.63) is 0 Å². The monoisotopic (exact) mass is 253 g/mol. The Morgan fingerprint density at radius 3 is 2.25 bits per heavy atom. The van der Waals surface area contributed by atoms with Crippen molar-refractivity contribution in [1.82, 2.24) is 5.32 Å². The van der Waals surface area contributed by atoms with E-state index in [0.29, 0.717) is 0 Å². The zero-order valence-electron chi connectivity index (χ0n) is 9.19. The third kappa shape index (κ3) is 6.39. The van der Waals surface area contributed by atoms with Crippen molar-refractivity contribution in [3.63, 3.8) is 0 Å². The first kappa shape index (κ1) is 14.9. The number of hydrogen-bond acceptors (Lipinski definition) is 6. The average molecular weight is 253 g/mol. The van der Waals surface area contributed by atoms with E-state index in [0.717, 1.165) is 0 Å². The molecule has 0 bridgehead atoms. The van der Waals surface area contributed by atoms with Crippen LogP contribution in [0.15, 0.2) is 0 Å². The van der Waals surface area contributed by atoms with E-state index in [1.54, 1.807) is 13.8 Å². The van der Waals surface area contributed by atoms with E-state index in [2.05, 4.69) is 9.84 Å². The lowest BCUT2D eigenvalue weighted by atomic mass is 10.6. The van der Waals surface area contributed by atoms with Gasteiger partial charge in [-0.25, -0.2) is 9.36 Å². The number of nitrogens with two attached hydrogens (primary N) is 1. The van der Waals surface area contributed by atoms with Crippen molar-refractivity contribution in [1.29, 1.82) is 5.41 Å². The van der Waals surface area contributed by atoms with Gasteiger partial charge in [-0.3, -0.25) is 14.5 Å². The molecule has 0 unspecified atom stereocenters. The minimum Gasteiger partial charge on any atom is -0.370 e. The Morgan fingerprint density at radius 1 is 1.38 bits per heavy atom. The molecule has 0 aliphatic carbocycles. The zero-order chi connectivity index (χ0) is 12.6. The van der Waals surface area contributed by atoms with E-state index in [9.17, 15) is 9.36 Å². The highest BCUT2D eigenvalue weighted by Gasteiger charge is 2.29. The van der Waals surface area contributed by atoms with Gasteiger partial charge in [0.15, 0.2) is 5.96 Å². The molecular formula is C7H16N3O5P. The van der Waals surface area contributed by atoms with Crippen LogP contribution in [0.2, 0.25) is 0 Å². The van der Waals surface area contributed by atoms with Crippen molar-refractivity contribution in [2.45, 2.75) is 13.8 Å². The lowest BCUT2D eigenvalue weighted by molar-refractivity contribution is -0.135. The predicted octanol–water partition coefficient (Wildman–Crippen LogP) is 0.194. The van der Waals surface area contributed by atoms with Crippen LogP contribution in [-0.4, -0.2) is 31.7 Å². The van der Waals surface area contributed by atoms with Crippen LogP contribution in [0.25, 0.3) is 0 Å². The van der Waals surface area contributed by atoms with Gasteiger partial charge in [-0.2, -0.15) is 0 Å². The average Bonchev–Trinajstić information content (AvgIpc) is 2.15. The van der Waals surface area contributed by atoms with Crippen LogP contribution >= 0.6 is 7.82 Å². The summed E-state index contributed by atoms with van der Waals surface area (Å²) in [5.41, 5.74) is 4.95. The largest absolute Gasteiger partial charge is 0.532 e. The highest BCUT2D eigenvalue weighted by Crippen LogP contribution is 2.49. The molecule has 9 heteroatoms. The van der Waals surface area contributed by atoms with E-state index in [1.165, 1.54) is 0 Å². The van der Waals surface area contributed by atoms with Crippen LogP contribution in [0.1, 0.15) is 13.8 Å². The van der Waals surface area contributed by atoms with Crippen molar-refractivity contribution >= 4 is 19.8 Å². The standard InChI is InChI=1S/C7H16N3O5P/c1-3-13-16(12,14-4-2)15-6(11)5-10-7(8)9/h3-5H2,1-2H3,(H4,8,9,10). The summed E-state index contributed by atoms with van der Waals surface area (Å²) < 4.78 is 25.6. The highest BCUT2D eigenvalue weighted by atomic mass is 31.2. The highest BCUT2D eigenvalue weighted by molar-refractivity contribution is 7.49. The summed E-state index contributed by atoms with van der Waals surface area (Å²) in [6.45, 7) is 2.98. The van der Waals surface area contributed by atoms with E-state index < -0.39 is 13.8 Å². The van der Waals surface area contributed by atoms with Gasteiger partial charge in [-0.15, -0.1) is 0 Å². The second kappa shape index (κ2) is 7.21. The van der Waals surface area contributed by atoms with Crippen LogP contribution in [0.3, 0.4) is 0 Å². The molecular weight excluding hydrogens is 237 g/mol. The molecule has 0 fully saturated rings. The van der Waals surface area contributed by atoms with E-state index in [1.807, 2.05) is 0 Å². The number of phosphoric ester groups is 1. The van der Waals surface area contributed by atoms with Gasteiger partial charge in [0.25, 0.3) is 0 Å². The molecule has 0 spiro atoms. The second-order valence-corrected chi connectivity index (χ2v) is 4.11. The molecule has 0 aliphatic rings. The normalized spacial score (nSPS) is 10.9. The van der Waals surface area contributed by atoms with Gasteiger partial charge in [-0.1, -0.05) is 0 Å². The predicted molar refractivity (Wildman–Crippen MR) is 56.9 cm³/mol. The van der Waals surface area contributed by atoms with Gasteiger partial charge < -0.3 is 15.6 Å². The molecule has 94 valence electrons. The molecule has 0 rings (SSSR count). The molecule has 0 aromatic heterocycles. The maximum Gasteiger partial charge on any atom is 0.532 e. The Balaban J connectivity index is 4.23. The number of hydrogen-bond donors (Lipinski definition) is 3. The molecule has 0 radical (unpaired) electrons. The molecule has 16 heavy (non-hydrogen) atoms. The summed E-state index contributed by atoms with van der Waals surface area (Å²) in [5.74, 6) is -1.26. The first-order valence-corrected chi connectivity index (χ1v) is 6.09. The Labute approximate surface area is 93.6 Å². The van der Waals surface area contributed by atoms with Crippen molar-refractivity contribution in [3.8, 4) is 0 Å². The second-order valence-electron chi connectivity index (χ2n) is 2.51. The lowest BCUT2D eigenvalue weighted by Crippen LogP contribution is -2.35. The lowest BCUT2D eigenvalue weighted by Gasteiger charge is -2.15. The minimum atomic E-state index is -3.84. The van der Waals surface area contributed by atoms with E-state index in [-0.39, 0.29) is 25.7 Å². The first-order chi connectivity index (χ1) is 7.43.